The number of amides is 2. The van der Waals surface area contributed by atoms with Crippen LogP contribution in [-0.2, 0) is 34.4 Å². The zero-order valence-corrected chi connectivity index (χ0v) is 20.0. The Morgan fingerprint density at radius 3 is 1.94 bits per heavy atom. The Kier molecular flexibility index (Phi) is 8.50. The Bertz CT molecular complexity index is 1160. The van der Waals surface area contributed by atoms with E-state index in [1.54, 1.807) is 0 Å². The average molecular weight is 535 g/mol. The fourth-order valence-electron chi connectivity index (χ4n) is 2.16. The Morgan fingerprint density at radius 1 is 1.03 bits per heavy atom. The molecule has 0 aliphatic rings. The Balaban J connectivity index is 3.40. The molecule has 0 aliphatic carbocycles. The van der Waals surface area contributed by atoms with E-state index in [-0.39, 0.29) is 0 Å². The molecule has 1 aromatic carbocycles. The van der Waals surface area contributed by atoms with E-state index in [0.29, 0.717) is 11.0 Å². The van der Waals surface area contributed by atoms with E-state index < -0.39 is 82.2 Å². The number of carboxylic acid groups (broad SMARTS) is 1. The standard InChI is InChI=1S/C15H20Cl2N4O9S2/c1-15(2,3)30-14(25)21(6-10(23)24)5-9(22)20-13-8(32(19,28)29)4-7(31(18,26)27)11(16)12(13)17/h4H,5-6H2,1-3H3,(H,20,22)(H,23,24)(H2,18,26,27)(H2,19,28,29). The number of anilines is 1. The molecule has 1 rings (SSSR count). The summed E-state index contributed by atoms with van der Waals surface area (Å²) >= 11 is 11.8. The Labute approximate surface area is 193 Å². The minimum absolute atomic E-state index is 0.497. The van der Waals surface area contributed by atoms with Crippen molar-refractivity contribution < 1.29 is 41.1 Å². The molecule has 17 heteroatoms. The van der Waals surface area contributed by atoms with Gasteiger partial charge in [-0.15, -0.1) is 0 Å². The summed E-state index contributed by atoms with van der Waals surface area (Å²) in [5.74, 6) is -2.59. The van der Waals surface area contributed by atoms with Crippen molar-refractivity contribution in [3.63, 3.8) is 0 Å². The number of ether oxygens (including phenoxy) is 1. The molecule has 0 saturated carbocycles. The van der Waals surface area contributed by atoms with Crippen LogP contribution in [0.1, 0.15) is 20.8 Å². The van der Waals surface area contributed by atoms with Crippen molar-refractivity contribution in [1.82, 2.24) is 4.90 Å². The summed E-state index contributed by atoms with van der Waals surface area (Å²) in [6.45, 7) is 2.70. The predicted octanol–water partition coefficient (Wildman–Crippen LogP) is 0.548. The second kappa shape index (κ2) is 9.76. The van der Waals surface area contributed by atoms with Crippen molar-refractivity contribution in [2.45, 2.75) is 36.2 Å². The average Bonchev–Trinajstić information content (AvgIpc) is 2.54. The van der Waals surface area contributed by atoms with Gasteiger partial charge in [0.25, 0.3) is 0 Å². The summed E-state index contributed by atoms with van der Waals surface area (Å²) < 4.78 is 52.2. The molecule has 0 heterocycles. The van der Waals surface area contributed by atoms with E-state index >= 15 is 0 Å². The van der Waals surface area contributed by atoms with Gasteiger partial charge in [0.2, 0.25) is 26.0 Å². The molecule has 0 atom stereocenters. The lowest BCUT2D eigenvalue weighted by molar-refractivity contribution is -0.138. The number of carbonyl (C=O) groups is 3. The molecule has 0 fully saturated rings. The first-order chi connectivity index (χ1) is 14.2. The number of halogens is 2. The largest absolute Gasteiger partial charge is 0.480 e. The van der Waals surface area contributed by atoms with Crippen LogP contribution in [0.15, 0.2) is 15.9 Å². The maximum atomic E-state index is 12.5. The molecule has 32 heavy (non-hydrogen) atoms. The molecule has 0 saturated heterocycles. The van der Waals surface area contributed by atoms with Gasteiger partial charge in [0.15, 0.2) is 0 Å². The molecule has 0 spiro atoms. The molecule has 0 aliphatic heterocycles. The number of nitrogens with zero attached hydrogens (tertiary/aromatic N) is 1. The lowest BCUT2D eigenvalue weighted by atomic mass is 10.2. The van der Waals surface area contributed by atoms with Crippen molar-refractivity contribution in [2.24, 2.45) is 10.3 Å². The first-order valence-corrected chi connectivity index (χ1v) is 12.2. The normalized spacial score (nSPS) is 12.2. The lowest BCUT2D eigenvalue weighted by Crippen LogP contribution is -2.44. The number of nitrogens with two attached hydrogens (primary N) is 2. The summed E-state index contributed by atoms with van der Waals surface area (Å²) in [5.41, 5.74) is -1.71. The van der Waals surface area contributed by atoms with Crippen LogP contribution in [0.2, 0.25) is 10.0 Å². The smallest absolute Gasteiger partial charge is 0.411 e. The number of carboxylic acids is 1. The van der Waals surface area contributed by atoms with Crippen LogP contribution in [0.25, 0.3) is 0 Å². The number of nitrogens with one attached hydrogen (secondary N) is 1. The van der Waals surface area contributed by atoms with Gasteiger partial charge >= 0.3 is 12.1 Å². The van der Waals surface area contributed by atoms with Gasteiger partial charge in [-0.2, -0.15) is 0 Å². The van der Waals surface area contributed by atoms with Gasteiger partial charge < -0.3 is 15.2 Å². The van der Waals surface area contributed by atoms with Crippen LogP contribution in [0.3, 0.4) is 0 Å². The van der Waals surface area contributed by atoms with Crippen LogP contribution >= 0.6 is 23.2 Å². The lowest BCUT2D eigenvalue weighted by Gasteiger charge is -2.26. The van der Waals surface area contributed by atoms with Crippen LogP contribution in [0, 0.1) is 0 Å². The van der Waals surface area contributed by atoms with E-state index in [2.05, 4.69) is 0 Å². The molecule has 0 aromatic heterocycles. The number of carbonyl (C=O) groups excluding carboxylic acids is 2. The summed E-state index contributed by atoms with van der Waals surface area (Å²) in [6.07, 6.45) is -1.14. The van der Waals surface area contributed by atoms with Crippen molar-refractivity contribution in [1.29, 1.82) is 0 Å². The third-order valence-electron chi connectivity index (χ3n) is 3.33. The van der Waals surface area contributed by atoms with Crippen molar-refractivity contribution in [3.8, 4) is 0 Å². The number of aliphatic carboxylic acids is 1. The van der Waals surface area contributed by atoms with Crippen molar-refractivity contribution in [3.05, 3.63) is 16.1 Å². The Morgan fingerprint density at radius 2 is 1.53 bits per heavy atom. The molecular weight excluding hydrogens is 515 g/mol. The number of rotatable bonds is 7. The van der Waals surface area contributed by atoms with Crippen LogP contribution in [0.5, 0.6) is 0 Å². The monoisotopic (exact) mass is 534 g/mol. The summed E-state index contributed by atoms with van der Waals surface area (Å²) in [7, 11) is -9.20. The summed E-state index contributed by atoms with van der Waals surface area (Å²) in [4.78, 5) is 34.4. The molecule has 180 valence electrons. The third kappa shape index (κ3) is 7.75. The minimum Gasteiger partial charge on any atom is -0.480 e. The Hall–Kier alpha value is -2.17. The van der Waals surface area contributed by atoms with E-state index in [9.17, 15) is 31.2 Å². The van der Waals surface area contributed by atoms with Gasteiger partial charge in [0.05, 0.1) is 15.7 Å². The molecule has 1 aromatic rings. The fraction of sp³-hybridized carbons (Fsp3) is 0.400. The van der Waals surface area contributed by atoms with Gasteiger partial charge in [-0.3, -0.25) is 14.5 Å². The maximum absolute atomic E-state index is 12.5. The van der Waals surface area contributed by atoms with E-state index in [4.69, 9.17) is 43.3 Å². The highest BCUT2D eigenvalue weighted by Crippen LogP contribution is 2.39. The van der Waals surface area contributed by atoms with Gasteiger partial charge in [-0.05, 0) is 26.8 Å². The van der Waals surface area contributed by atoms with E-state index in [1.807, 2.05) is 5.32 Å². The first kappa shape index (κ1) is 27.9. The molecule has 13 nitrogen and oxygen atoms in total. The number of hydrogen-bond donors (Lipinski definition) is 4. The minimum atomic E-state index is -4.67. The van der Waals surface area contributed by atoms with E-state index in [0.717, 1.165) is 0 Å². The topological polar surface area (TPSA) is 216 Å². The molecule has 0 unspecified atom stereocenters. The quantitative estimate of drug-likeness (QED) is 0.383. The molecule has 0 bridgehead atoms. The van der Waals surface area contributed by atoms with Gasteiger partial charge in [0.1, 0.15) is 28.5 Å². The second-order valence-corrected chi connectivity index (χ2v) is 11.1. The highest BCUT2D eigenvalue weighted by Gasteiger charge is 2.30. The van der Waals surface area contributed by atoms with E-state index in [1.165, 1.54) is 20.8 Å². The number of hydrogen-bond acceptors (Lipinski definition) is 8. The molecular formula is C15H20Cl2N4O9S2. The van der Waals surface area contributed by atoms with Gasteiger partial charge in [-0.1, -0.05) is 23.2 Å². The van der Waals surface area contributed by atoms with Crippen LogP contribution in [0.4, 0.5) is 10.5 Å². The maximum Gasteiger partial charge on any atom is 0.411 e. The SMILES string of the molecule is CC(C)(C)OC(=O)N(CC(=O)O)CC(=O)Nc1c(S(N)(=O)=O)cc(S(N)(=O)=O)c(Cl)c1Cl. The van der Waals surface area contributed by atoms with Gasteiger partial charge in [0, 0.05) is 0 Å². The first-order valence-electron chi connectivity index (χ1n) is 8.31. The van der Waals surface area contributed by atoms with Crippen molar-refractivity contribution >= 4 is 66.9 Å². The zero-order chi connectivity index (χ0) is 25.2. The number of benzene rings is 1. The number of sulfonamides is 2. The summed E-state index contributed by atoms with van der Waals surface area (Å²) in [6, 6.07) is 0.497. The highest BCUT2D eigenvalue weighted by molar-refractivity contribution is 7.90. The highest BCUT2D eigenvalue weighted by atomic mass is 35.5. The van der Waals surface area contributed by atoms with Crippen molar-refractivity contribution in [2.75, 3.05) is 18.4 Å². The van der Waals surface area contributed by atoms with Crippen LogP contribution in [-0.4, -0.2) is 63.5 Å². The fourth-order valence-corrected chi connectivity index (χ4v) is 4.42. The summed E-state index contributed by atoms with van der Waals surface area (Å²) in [5, 5.41) is 19.6. The number of primary sulfonamides is 2. The third-order valence-corrected chi connectivity index (χ3v) is 6.18. The molecule has 0 radical (unpaired) electrons. The van der Waals surface area contributed by atoms with Crippen LogP contribution < -0.4 is 15.6 Å². The zero-order valence-electron chi connectivity index (χ0n) is 16.9. The van der Waals surface area contributed by atoms with Gasteiger partial charge in [-0.25, -0.2) is 31.9 Å². The molecule has 6 N–H and O–H groups in total. The predicted molar refractivity (Wildman–Crippen MR) is 113 cm³/mol. The second-order valence-electron chi connectivity index (χ2n) is 7.24. The molecule has 2 amide bonds.